The third-order valence-electron chi connectivity index (χ3n) is 5.05. The van der Waals surface area contributed by atoms with Crippen LogP contribution >= 0.6 is 0 Å². The average Bonchev–Trinajstić information content (AvgIpc) is 3.00. The normalized spacial score (nSPS) is 17.0. The van der Waals surface area contributed by atoms with E-state index in [0.717, 1.165) is 6.26 Å². The second-order valence-corrected chi connectivity index (χ2v) is 8.97. The van der Waals surface area contributed by atoms with Crippen LogP contribution in [0.2, 0.25) is 0 Å². The van der Waals surface area contributed by atoms with E-state index in [1.807, 2.05) is 6.07 Å². The van der Waals surface area contributed by atoms with Crippen molar-refractivity contribution in [3.05, 3.63) is 65.1 Å². The van der Waals surface area contributed by atoms with E-state index in [0.29, 0.717) is 11.1 Å². The number of rotatable bonds is 6. The number of hydrogen-bond acceptors (Lipinski definition) is 7. The minimum absolute atomic E-state index is 0.00973. The van der Waals surface area contributed by atoms with Gasteiger partial charge in [-0.2, -0.15) is 5.26 Å². The fourth-order valence-electron chi connectivity index (χ4n) is 3.64. The summed E-state index contributed by atoms with van der Waals surface area (Å²) in [5, 5.41) is 22.0. The largest absolute Gasteiger partial charge is 0.494 e. The van der Waals surface area contributed by atoms with E-state index >= 15 is 0 Å². The second kappa shape index (κ2) is 8.37. The monoisotopic (exact) mass is 445 g/mol. The number of hydrogen-bond donors (Lipinski definition) is 1. The first-order chi connectivity index (χ1) is 14.6. The molecule has 0 saturated carbocycles. The lowest BCUT2D eigenvalue weighted by Crippen LogP contribution is -2.37. The van der Waals surface area contributed by atoms with Crippen LogP contribution < -0.4 is 4.74 Å². The average molecular weight is 445 g/mol. The van der Waals surface area contributed by atoms with Crippen molar-refractivity contribution in [1.29, 1.82) is 5.26 Å². The first-order valence-corrected chi connectivity index (χ1v) is 11.0. The van der Waals surface area contributed by atoms with E-state index in [1.54, 1.807) is 30.3 Å². The molecule has 162 valence electrons. The van der Waals surface area contributed by atoms with Gasteiger partial charge in [-0.25, -0.2) is 22.6 Å². The van der Waals surface area contributed by atoms with Crippen molar-refractivity contribution in [2.75, 3.05) is 27.0 Å². The Morgan fingerprint density at radius 1 is 1.26 bits per heavy atom. The highest BCUT2D eigenvalue weighted by Gasteiger charge is 2.41. The van der Waals surface area contributed by atoms with Gasteiger partial charge < -0.3 is 9.84 Å². The Bertz CT molecular complexity index is 1200. The predicted molar refractivity (Wildman–Crippen MR) is 110 cm³/mol. The summed E-state index contributed by atoms with van der Waals surface area (Å²) in [5.41, 5.74) is 1.00. The van der Waals surface area contributed by atoms with Gasteiger partial charge in [0.25, 0.3) is 0 Å². The molecular weight excluding hydrogens is 425 g/mol. The molecule has 3 rings (SSSR count). The molecule has 1 atom stereocenters. The zero-order valence-corrected chi connectivity index (χ0v) is 17.9. The Morgan fingerprint density at radius 2 is 1.90 bits per heavy atom. The van der Waals surface area contributed by atoms with Crippen LogP contribution in [-0.2, 0) is 14.6 Å². The maximum Gasteiger partial charge on any atom is 0.353 e. The van der Waals surface area contributed by atoms with E-state index < -0.39 is 27.7 Å². The number of likely N-dealkylation sites (N-methyl/N-ethyl adjacent to an activating group) is 1. The summed E-state index contributed by atoms with van der Waals surface area (Å²) in [6.07, 6.45) is 1.09. The van der Waals surface area contributed by atoms with Crippen LogP contribution in [0.3, 0.4) is 0 Å². The summed E-state index contributed by atoms with van der Waals surface area (Å²) >= 11 is 0. The SMILES string of the molecule is COc1ccc(C2=C(C(=O)O)N(CC#N)N(C)C2c2ccc(S(C)(=O)=O)cc2)cc1F. The van der Waals surface area contributed by atoms with Gasteiger partial charge in [0.15, 0.2) is 21.4 Å². The number of carboxylic acids is 1. The lowest BCUT2D eigenvalue weighted by atomic mass is 9.92. The maximum atomic E-state index is 14.4. The molecule has 0 aliphatic carbocycles. The van der Waals surface area contributed by atoms with Crippen molar-refractivity contribution in [3.63, 3.8) is 0 Å². The molecular formula is C21H20FN3O5S. The van der Waals surface area contributed by atoms with Gasteiger partial charge in [-0.05, 0) is 35.4 Å². The van der Waals surface area contributed by atoms with Crippen LogP contribution in [0.4, 0.5) is 4.39 Å². The van der Waals surface area contributed by atoms with E-state index in [1.165, 1.54) is 36.4 Å². The quantitative estimate of drug-likeness (QED) is 0.675. The van der Waals surface area contributed by atoms with Crippen molar-refractivity contribution < 1.29 is 27.4 Å². The number of aliphatic carboxylic acids is 1. The van der Waals surface area contributed by atoms with Gasteiger partial charge in [-0.1, -0.05) is 18.2 Å². The fourth-order valence-corrected chi connectivity index (χ4v) is 4.27. The van der Waals surface area contributed by atoms with E-state index in [9.17, 15) is 28.0 Å². The molecule has 0 radical (unpaired) electrons. The molecule has 2 aromatic carbocycles. The zero-order chi connectivity index (χ0) is 22.9. The van der Waals surface area contributed by atoms with Crippen molar-refractivity contribution in [2.45, 2.75) is 10.9 Å². The molecule has 1 heterocycles. The highest BCUT2D eigenvalue weighted by Crippen LogP contribution is 2.45. The number of nitrogens with zero attached hydrogens (tertiary/aromatic N) is 3. The van der Waals surface area contributed by atoms with Crippen LogP contribution in [0.1, 0.15) is 17.2 Å². The summed E-state index contributed by atoms with van der Waals surface area (Å²) in [7, 11) is -0.479. The topological polar surface area (TPSA) is 111 Å². The third kappa shape index (κ3) is 4.10. The molecule has 1 unspecified atom stereocenters. The molecule has 1 aliphatic rings. The lowest BCUT2D eigenvalue weighted by molar-refractivity contribution is -0.136. The number of benzene rings is 2. The zero-order valence-electron chi connectivity index (χ0n) is 17.0. The van der Waals surface area contributed by atoms with Crippen molar-refractivity contribution in [3.8, 4) is 11.8 Å². The van der Waals surface area contributed by atoms with Gasteiger partial charge in [-0.3, -0.25) is 5.01 Å². The number of sulfone groups is 1. The molecule has 0 spiro atoms. The third-order valence-corrected chi connectivity index (χ3v) is 6.18. The highest BCUT2D eigenvalue weighted by molar-refractivity contribution is 7.90. The van der Waals surface area contributed by atoms with Crippen molar-refractivity contribution in [1.82, 2.24) is 10.0 Å². The first kappa shape index (κ1) is 22.3. The molecule has 0 saturated heterocycles. The van der Waals surface area contributed by atoms with Crippen molar-refractivity contribution >= 4 is 21.4 Å². The summed E-state index contributed by atoms with van der Waals surface area (Å²) in [5.74, 6) is -1.93. The van der Waals surface area contributed by atoms with E-state index in [2.05, 4.69) is 0 Å². The smallest absolute Gasteiger partial charge is 0.353 e. The van der Waals surface area contributed by atoms with Crippen LogP contribution in [0.25, 0.3) is 5.57 Å². The molecule has 0 fully saturated rings. The number of halogens is 1. The number of nitriles is 1. The van der Waals surface area contributed by atoms with E-state index in [-0.39, 0.29) is 28.5 Å². The minimum atomic E-state index is -3.42. The van der Waals surface area contributed by atoms with E-state index in [4.69, 9.17) is 4.74 Å². The number of methoxy groups -OCH3 is 1. The summed E-state index contributed by atoms with van der Waals surface area (Å²) < 4.78 is 43.0. The Labute approximate surface area is 179 Å². The maximum absolute atomic E-state index is 14.4. The standard InChI is InChI=1S/C21H20FN3O5S/c1-24-19(13-4-7-15(8-5-13)31(3,28)29)18(20(21(26)27)25(24)11-10-23)14-6-9-17(30-2)16(22)12-14/h4-9,12,19H,11H2,1-3H3,(H,26,27). The van der Waals surface area contributed by atoms with Gasteiger partial charge in [0.1, 0.15) is 12.2 Å². The molecule has 0 aromatic heterocycles. The van der Waals surface area contributed by atoms with Crippen LogP contribution in [0, 0.1) is 17.1 Å². The summed E-state index contributed by atoms with van der Waals surface area (Å²) in [6.45, 7) is -0.238. The number of hydrazine groups is 1. The minimum Gasteiger partial charge on any atom is -0.494 e. The molecule has 1 aliphatic heterocycles. The van der Waals surface area contributed by atoms with Crippen LogP contribution in [0.15, 0.2) is 53.1 Å². The van der Waals surface area contributed by atoms with Crippen LogP contribution in [-0.4, -0.2) is 56.5 Å². The molecule has 8 nitrogen and oxygen atoms in total. The van der Waals surface area contributed by atoms with Crippen molar-refractivity contribution in [2.24, 2.45) is 0 Å². The van der Waals surface area contributed by atoms with Gasteiger partial charge in [0.2, 0.25) is 0 Å². The number of ether oxygens (including phenoxy) is 1. The molecule has 0 amide bonds. The molecule has 2 aromatic rings. The predicted octanol–water partition coefficient (Wildman–Crippen LogP) is 2.46. The Morgan fingerprint density at radius 3 is 2.39 bits per heavy atom. The number of carboxylic acid groups (broad SMARTS) is 1. The van der Waals surface area contributed by atoms with Gasteiger partial charge in [0, 0.05) is 18.9 Å². The Hall–Kier alpha value is -3.42. The van der Waals surface area contributed by atoms with Crippen LogP contribution in [0.5, 0.6) is 5.75 Å². The van der Waals surface area contributed by atoms with Gasteiger partial charge >= 0.3 is 5.97 Å². The first-order valence-electron chi connectivity index (χ1n) is 9.08. The fraction of sp³-hybridized carbons (Fsp3) is 0.238. The molecule has 0 bridgehead atoms. The summed E-state index contributed by atoms with van der Waals surface area (Å²) in [6, 6.07) is 11.4. The number of carbonyl (C=O) groups is 1. The van der Waals surface area contributed by atoms with Gasteiger partial charge in [-0.15, -0.1) is 0 Å². The Balaban J connectivity index is 2.24. The molecule has 31 heavy (non-hydrogen) atoms. The second-order valence-electron chi connectivity index (χ2n) is 6.95. The molecule has 10 heteroatoms. The van der Waals surface area contributed by atoms with Gasteiger partial charge in [0.05, 0.1) is 24.1 Å². The highest BCUT2D eigenvalue weighted by atomic mass is 32.2. The molecule has 1 N–H and O–H groups in total. The summed E-state index contributed by atoms with van der Waals surface area (Å²) in [4.78, 5) is 12.3. The lowest BCUT2D eigenvalue weighted by Gasteiger charge is -2.30. The Kier molecular flexibility index (Phi) is 6.01.